The Morgan fingerprint density at radius 2 is 2.06 bits per heavy atom. The molecule has 4 heteroatoms. The van der Waals surface area contributed by atoms with Gasteiger partial charge in [-0.15, -0.1) is 11.8 Å². The summed E-state index contributed by atoms with van der Waals surface area (Å²) in [5.41, 5.74) is 0.793. The molecule has 1 aromatic carbocycles. The van der Waals surface area contributed by atoms with E-state index in [4.69, 9.17) is 4.74 Å². The fourth-order valence-corrected chi connectivity index (χ4v) is 2.08. The van der Waals surface area contributed by atoms with Gasteiger partial charge in [0.1, 0.15) is 5.75 Å². The lowest BCUT2D eigenvalue weighted by Crippen LogP contribution is -1.94. The molecule has 0 aliphatic rings. The Morgan fingerprint density at radius 3 is 2.78 bits per heavy atom. The highest BCUT2D eigenvalue weighted by Crippen LogP contribution is 2.30. The third-order valence-corrected chi connectivity index (χ3v) is 3.30. The molecule has 0 radical (unpaired) electrons. The number of thioether (sulfide) groups is 1. The fourth-order valence-electron chi connectivity index (χ4n) is 1.56. The second kappa shape index (κ2) is 5.89. The van der Waals surface area contributed by atoms with Crippen LogP contribution in [0.2, 0.25) is 0 Å². The van der Waals surface area contributed by atoms with Crippen molar-refractivity contribution < 1.29 is 9.84 Å². The van der Waals surface area contributed by atoms with Crippen LogP contribution in [0.15, 0.2) is 47.5 Å². The molecule has 1 atom stereocenters. The van der Waals surface area contributed by atoms with Gasteiger partial charge in [-0.2, -0.15) is 0 Å². The predicted octanol–water partition coefficient (Wildman–Crippen LogP) is 3.65. The van der Waals surface area contributed by atoms with Gasteiger partial charge in [0.2, 0.25) is 5.88 Å². The third-order valence-electron chi connectivity index (χ3n) is 2.52. The number of ether oxygens (including phenoxy) is 1. The standard InChI is InChI=1S/C14H15NO2S/c1-10(16)11-7-8-15-14(9-11)17-12-5-3-4-6-13(12)18-2/h3-10,16H,1-2H3/t10-/m1/s1. The lowest BCUT2D eigenvalue weighted by atomic mass is 10.2. The number of pyridine rings is 1. The summed E-state index contributed by atoms with van der Waals surface area (Å²) in [6, 6.07) is 11.3. The number of aromatic nitrogens is 1. The van der Waals surface area contributed by atoms with Crippen molar-refractivity contribution in [1.82, 2.24) is 4.98 Å². The van der Waals surface area contributed by atoms with Gasteiger partial charge in [0.15, 0.2) is 0 Å². The third kappa shape index (κ3) is 3.03. The van der Waals surface area contributed by atoms with Crippen molar-refractivity contribution in [2.24, 2.45) is 0 Å². The Balaban J connectivity index is 2.25. The average molecular weight is 261 g/mol. The van der Waals surface area contributed by atoms with E-state index in [1.165, 1.54) is 0 Å². The quantitative estimate of drug-likeness (QED) is 0.853. The molecule has 1 aromatic heterocycles. The summed E-state index contributed by atoms with van der Waals surface area (Å²) in [5, 5.41) is 9.53. The first-order valence-corrected chi connectivity index (χ1v) is 6.88. The first-order valence-electron chi connectivity index (χ1n) is 5.65. The van der Waals surface area contributed by atoms with E-state index in [-0.39, 0.29) is 0 Å². The van der Waals surface area contributed by atoms with Crippen LogP contribution >= 0.6 is 11.8 Å². The summed E-state index contributed by atoms with van der Waals surface area (Å²) in [5.74, 6) is 1.27. The Kier molecular flexibility index (Phi) is 4.23. The van der Waals surface area contributed by atoms with Crippen LogP contribution in [0.1, 0.15) is 18.6 Å². The second-order valence-corrected chi connectivity index (χ2v) is 4.70. The molecule has 0 saturated heterocycles. The Hall–Kier alpha value is -1.52. The summed E-state index contributed by atoms with van der Waals surface area (Å²) < 4.78 is 5.75. The van der Waals surface area contributed by atoms with Gasteiger partial charge < -0.3 is 9.84 Å². The smallest absolute Gasteiger partial charge is 0.219 e. The van der Waals surface area contributed by atoms with Crippen LogP contribution in [-0.4, -0.2) is 16.3 Å². The van der Waals surface area contributed by atoms with E-state index in [1.54, 1.807) is 37.0 Å². The highest BCUT2D eigenvalue weighted by Gasteiger charge is 2.06. The summed E-state index contributed by atoms with van der Waals surface area (Å²) in [6.45, 7) is 1.72. The van der Waals surface area contributed by atoms with Gasteiger partial charge in [0.05, 0.1) is 6.10 Å². The molecule has 3 nitrogen and oxygen atoms in total. The van der Waals surface area contributed by atoms with E-state index in [1.807, 2.05) is 30.5 Å². The summed E-state index contributed by atoms with van der Waals surface area (Å²) >= 11 is 1.62. The molecule has 0 aliphatic carbocycles. The minimum Gasteiger partial charge on any atom is -0.438 e. The van der Waals surface area contributed by atoms with Crippen LogP contribution in [0.3, 0.4) is 0 Å². The van der Waals surface area contributed by atoms with E-state index < -0.39 is 6.10 Å². The van der Waals surface area contributed by atoms with Gasteiger partial charge in [-0.25, -0.2) is 4.98 Å². The number of benzene rings is 1. The summed E-state index contributed by atoms with van der Waals surface area (Å²) in [4.78, 5) is 5.21. The van der Waals surface area contributed by atoms with Gasteiger partial charge in [0.25, 0.3) is 0 Å². The molecule has 18 heavy (non-hydrogen) atoms. The van der Waals surface area contributed by atoms with E-state index in [2.05, 4.69) is 4.98 Å². The molecule has 94 valence electrons. The van der Waals surface area contributed by atoms with Crippen molar-refractivity contribution in [3.05, 3.63) is 48.2 Å². The zero-order valence-electron chi connectivity index (χ0n) is 10.3. The van der Waals surface area contributed by atoms with Crippen LogP contribution in [0.4, 0.5) is 0 Å². The number of aliphatic hydroxyl groups is 1. The molecular formula is C14H15NO2S. The molecule has 0 bridgehead atoms. The van der Waals surface area contributed by atoms with Gasteiger partial charge in [-0.1, -0.05) is 12.1 Å². The molecule has 0 unspecified atom stereocenters. The lowest BCUT2D eigenvalue weighted by Gasteiger charge is -2.10. The number of aliphatic hydroxyl groups excluding tert-OH is 1. The van der Waals surface area contributed by atoms with E-state index in [0.717, 1.165) is 16.2 Å². The average Bonchev–Trinajstić information content (AvgIpc) is 2.39. The summed E-state index contributed by atoms with van der Waals surface area (Å²) in [7, 11) is 0. The topological polar surface area (TPSA) is 42.4 Å². The first-order chi connectivity index (χ1) is 8.70. The van der Waals surface area contributed by atoms with Crippen LogP contribution in [0.25, 0.3) is 0 Å². The Labute approximate surface area is 111 Å². The number of rotatable bonds is 4. The maximum Gasteiger partial charge on any atom is 0.219 e. The lowest BCUT2D eigenvalue weighted by molar-refractivity contribution is 0.198. The van der Waals surface area contributed by atoms with E-state index in [0.29, 0.717) is 5.88 Å². The van der Waals surface area contributed by atoms with E-state index >= 15 is 0 Å². The van der Waals surface area contributed by atoms with Crippen LogP contribution in [0, 0.1) is 0 Å². The zero-order chi connectivity index (χ0) is 13.0. The van der Waals surface area contributed by atoms with Gasteiger partial charge in [0, 0.05) is 17.2 Å². The van der Waals surface area contributed by atoms with Crippen molar-refractivity contribution in [3.63, 3.8) is 0 Å². The number of para-hydroxylation sites is 1. The first kappa shape index (κ1) is 12.9. The van der Waals surface area contributed by atoms with Crippen molar-refractivity contribution in [1.29, 1.82) is 0 Å². The minimum atomic E-state index is -0.522. The van der Waals surface area contributed by atoms with Gasteiger partial charge in [-0.3, -0.25) is 0 Å². The Bertz CT molecular complexity index is 529. The minimum absolute atomic E-state index is 0.495. The molecular weight excluding hydrogens is 246 g/mol. The molecule has 2 rings (SSSR count). The monoisotopic (exact) mass is 261 g/mol. The van der Waals surface area contributed by atoms with Crippen LogP contribution in [-0.2, 0) is 0 Å². The van der Waals surface area contributed by atoms with E-state index in [9.17, 15) is 5.11 Å². The molecule has 1 heterocycles. The largest absolute Gasteiger partial charge is 0.438 e. The molecule has 0 saturated carbocycles. The van der Waals surface area contributed by atoms with Gasteiger partial charge in [-0.05, 0) is 36.9 Å². The molecule has 0 spiro atoms. The van der Waals surface area contributed by atoms with Crippen molar-refractivity contribution >= 4 is 11.8 Å². The SMILES string of the molecule is CSc1ccccc1Oc1cc([C@@H](C)O)ccn1. The van der Waals surface area contributed by atoms with Crippen molar-refractivity contribution in [2.45, 2.75) is 17.9 Å². The molecule has 0 aliphatic heterocycles. The van der Waals surface area contributed by atoms with Gasteiger partial charge >= 0.3 is 0 Å². The van der Waals surface area contributed by atoms with Crippen molar-refractivity contribution in [2.75, 3.05) is 6.26 Å². The normalized spacial score (nSPS) is 12.2. The second-order valence-electron chi connectivity index (χ2n) is 3.86. The Morgan fingerprint density at radius 1 is 1.28 bits per heavy atom. The molecule has 1 N–H and O–H groups in total. The number of nitrogens with zero attached hydrogens (tertiary/aromatic N) is 1. The highest BCUT2D eigenvalue weighted by atomic mass is 32.2. The maximum atomic E-state index is 9.53. The van der Waals surface area contributed by atoms with Crippen molar-refractivity contribution in [3.8, 4) is 11.6 Å². The highest BCUT2D eigenvalue weighted by molar-refractivity contribution is 7.98. The molecule has 0 amide bonds. The predicted molar refractivity (Wildman–Crippen MR) is 73.2 cm³/mol. The fraction of sp³-hybridized carbons (Fsp3) is 0.214. The zero-order valence-corrected chi connectivity index (χ0v) is 11.1. The maximum absolute atomic E-state index is 9.53. The van der Waals surface area contributed by atoms with Crippen LogP contribution in [0.5, 0.6) is 11.6 Å². The van der Waals surface area contributed by atoms with Crippen LogP contribution < -0.4 is 4.74 Å². The molecule has 0 fully saturated rings. The number of hydrogen-bond acceptors (Lipinski definition) is 4. The summed E-state index contributed by atoms with van der Waals surface area (Å²) in [6.07, 6.45) is 3.12. The number of hydrogen-bond donors (Lipinski definition) is 1. The molecule has 2 aromatic rings.